The predicted molar refractivity (Wildman–Crippen MR) is 106 cm³/mol. The fourth-order valence-electron chi connectivity index (χ4n) is 3.00. The molecule has 0 bridgehead atoms. The Kier molecular flexibility index (Phi) is 6.24. The van der Waals surface area contributed by atoms with Gasteiger partial charge < -0.3 is 15.0 Å². The summed E-state index contributed by atoms with van der Waals surface area (Å²) in [5.74, 6) is 0.247. The van der Waals surface area contributed by atoms with Gasteiger partial charge in [-0.1, -0.05) is 36.2 Å². The quantitative estimate of drug-likeness (QED) is 0.804. The Morgan fingerprint density at radius 2 is 1.96 bits per heavy atom. The van der Waals surface area contributed by atoms with Gasteiger partial charge in [0.1, 0.15) is 5.75 Å². The van der Waals surface area contributed by atoms with Gasteiger partial charge >= 0.3 is 0 Å². The van der Waals surface area contributed by atoms with Crippen LogP contribution in [0.5, 0.6) is 5.75 Å². The minimum Gasteiger partial charge on any atom is -0.482 e. The maximum atomic E-state index is 12.2. The first-order chi connectivity index (χ1) is 13.0. The lowest BCUT2D eigenvalue weighted by atomic mass is 9.99. The lowest BCUT2D eigenvalue weighted by molar-refractivity contribution is -0.131. The third-order valence-electron chi connectivity index (χ3n) is 4.41. The van der Waals surface area contributed by atoms with E-state index in [9.17, 15) is 9.59 Å². The SMILES string of the molecule is CCC(=O)N1CCc2ccc(NC(=O)COc3ccc(Cl)cc3Cl)cc2C1. The van der Waals surface area contributed by atoms with Crippen molar-refractivity contribution in [3.8, 4) is 5.75 Å². The summed E-state index contributed by atoms with van der Waals surface area (Å²) in [5, 5.41) is 3.67. The molecule has 3 rings (SSSR count). The molecule has 0 saturated heterocycles. The molecule has 0 aliphatic carbocycles. The van der Waals surface area contributed by atoms with Gasteiger partial charge in [0.15, 0.2) is 6.61 Å². The normalized spacial score (nSPS) is 13.1. The maximum absolute atomic E-state index is 12.2. The van der Waals surface area contributed by atoms with E-state index in [1.165, 1.54) is 5.56 Å². The van der Waals surface area contributed by atoms with Crippen LogP contribution in [-0.2, 0) is 22.6 Å². The molecular weight excluding hydrogens is 387 g/mol. The van der Waals surface area contributed by atoms with Gasteiger partial charge in [-0.05, 0) is 47.9 Å². The first-order valence-electron chi connectivity index (χ1n) is 8.73. The summed E-state index contributed by atoms with van der Waals surface area (Å²) in [6.45, 7) is 3.00. The highest BCUT2D eigenvalue weighted by Crippen LogP contribution is 2.27. The van der Waals surface area contributed by atoms with Crippen molar-refractivity contribution in [1.29, 1.82) is 0 Å². The van der Waals surface area contributed by atoms with Crippen LogP contribution in [0.4, 0.5) is 5.69 Å². The van der Waals surface area contributed by atoms with Gasteiger partial charge in [0.2, 0.25) is 5.91 Å². The third kappa shape index (κ3) is 4.93. The van der Waals surface area contributed by atoms with Crippen molar-refractivity contribution in [2.24, 2.45) is 0 Å². The van der Waals surface area contributed by atoms with Gasteiger partial charge in [-0.25, -0.2) is 0 Å². The number of carbonyl (C=O) groups is 2. The van der Waals surface area contributed by atoms with Crippen molar-refractivity contribution in [2.45, 2.75) is 26.3 Å². The zero-order valence-corrected chi connectivity index (χ0v) is 16.4. The van der Waals surface area contributed by atoms with E-state index >= 15 is 0 Å². The lowest BCUT2D eigenvalue weighted by Crippen LogP contribution is -2.35. The highest BCUT2D eigenvalue weighted by molar-refractivity contribution is 6.35. The van der Waals surface area contributed by atoms with Gasteiger partial charge in [0.05, 0.1) is 5.02 Å². The van der Waals surface area contributed by atoms with E-state index in [1.807, 2.05) is 30.0 Å². The Labute approximate surface area is 168 Å². The van der Waals surface area contributed by atoms with Gasteiger partial charge in [-0.15, -0.1) is 0 Å². The van der Waals surface area contributed by atoms with Crippen LogP contribution in [0.2, 0.25) is 10.0 Å². The number of halogens is 2. The molecule has 1 aliphatic heterocycles. The summed E-state index contributed by atoms with van der Waals surface area (Å²) >= 11 is 11.9. The molecule has 27 heavy (non-hydrogen) atoms. The van der Waals surface area contributed by atoms with Crippen molar-refractivity contribution >= 4 is 40.7 Å². The number of amides is 2. The number of hydrogen-bond donors (Lipinski definition) is 1. The molecule has 0 radical (unpaired) electrons. The van der Waals surface area contributed by atoms with Crippen molar-refractivity contribution in [3.63, 3.8) is 0 Å². The predicted octanol–water partition coefficient (Wildman–Crippen LogP) is 4.31. The Bertz CT molecular complexity index is 870. The molecule has 1 aliphatic rings. The molecule has 0 atom stereocenters. The van der Waals surface area contributed by atoms with E-state index in [-0.39, 0.29) is 18.4 Å². The minimum atomic E-state index is -0.293. The smallest absolute Gasteiger partial charge is 0.262 e. The number of fused-ring (bicyclic) bond motifs is 1. The second-order valence-corrected chi connectivity index (χ2v) is 7.16. The first kappa shape index (κ1) is 19.5. The van der Waals surface area contributed by atoms with Crippen LogP contribution in [0.25, 0.3) is 0 Å². The number of nitrogens with one attached hydrogen (secondary N) is 1. The van der Waals surface area contributed by atoms with E-state index in [0.29, 0.717) is 34.4 Å². The molecule has 7 heteroatoms. The Hall–Kier alpha value is -2.24. The van der Waals surface area contributed by atoms with Crippen LogP contribution in [0.1, 0.15) is 24.5 Å². The fourth-order valence-corrected chi connectivity index (χ4v) is 3.47. The molecule has 0 saturated carbocycles. The van der Waals surface area contributed by atoms with Gasteiger partial charge in [-0.2, -0.15) is 0 Å². The molecule has 0 aromatic heterocycles. The van der Waals surface area contributed by atoms with E-state index in [2.05, 4.69) is 5.32 Å². The number of benzene rings is 2. The van der Waals surface area contributed by atoms with Crippen molar-refractivity contribution < 1.29 is 14.3 Å². The molecule has 0 fully saturated rings. The van der Waals surface area contributed by atoms with Gasteiger partial charge in [0, 0.05) is 30.2 Å². The summed E-state index contributed by atoms with van der Waals surface area (Å²) in [6.07, 6.45) is 1.32. The average Bonchev–Trinajstić information content (AvgIpc) is 2.66. The highest BCUT2D eigenvalue weighted by Gasteiger charge is 2.20. The zero-order chi connectivity index (χ0) is 19.4. The van der Waals surface area contributed by atoms with Gasteiger partial charge in [-0.3, -0.25) is 9.59 Å². The molecule has 1 N–H and O–H groups in total. The fraction of sp³-hybridized carbons (Fsp3) is 0.300. The molecule has 2 aromatic carbocycles. The summed E-state index contributed by atoms with van der Waals surface area (Å²) in [7, 11) is 0. The molecule has 1 heterocycles. The van der Waals surface area contributed by atoms with Crippen LogP contribution in [0.3, 0.4) is 0 Å². The summed E-state index contributed by atoms with van der Waals surface area (Å²) in [4.78, 5) is 26.0. The van der Waals surface area contributed by atoms with E-state index in [1.54, 1.807) is 18.2 Å². The highest BCUT2D eigenvalue weighted by atomic mass is 35.5. The number of carbonyl (C=O) groups excluding carboxylic acids is 2. The molecule has 2 aromatic rings. The number of rotatable bonds is 5. The number of hydrogen-bond acceptors (Lipinski definition) is 3. The minimum absolute atomic E-state index is 0.142. The summed E-state index contributed by atoms with van der Waals surface area (Å²) < 4.78 is 5.45. The second kappa shape index (κ2) is 8.63. The summed E-state index contributed by atoms with van der Waals surface area (Å²) in [5.41, 5.74) is 2.94. The number of ether oxygens (including phenoxy) is 1. The van der Waals surface area contributed by atoms with E-state index in [4.69, 9.17) is 27.9 Å². The molecule has 2 amide bonds. The average molecular weight is 407 g/mol. The van der Waals surface area contributed by atoms with E-state index < -0.39 is 0 Å². The molecule has 142 valence electrons. The Balaban J connectivity index is 1.61. The Morgan fingerprint density at radius 1 is 1.15 bits per heavy atom. The first-order valence-corrected chi connectivity index (χ1v) is 9.49. The Morgan fingerprint density at radius 3 is 2.70 bits per heavy atom. The topological polar surface area (TPSA) is 58.6 Å². The van der Waals surface area contributed by atoms with Crippen LogP contribution in [0.15, 0.2) is 36.4 Å². The maximum Gasteiger partial charge on any atom is 0.262 e. The number of anilines is 1. The second-order valence-electron chi connectivity index (χ2n) is 6.31. The van der Waals surface area contributed by atoms with Crippen LogP contribution in [0, 0.1) is 0 Å². The lowest BCUT2D eigenvalue weighted by Gasteiger charge is -2.29. The zero-order valence-electron chi connectivity index (χ0n) is 14.9. The van der Waals surface area contributed by atoms with Crippen molar-refractivity contribution in [1.82, 2.24) is 4.90 Å². The van der Waals surface area contributed by atoms with Gasteiger partial charge in [0.25, 0.3) is 5.91 Å². The molecule has 0 spiro atoms. The van der Waals surface area contributed by atoms with E-state index in [0.717, 1.165) is 18.5 Å². The largest absolute Gasteiger partial charge is 0.482 e. The molecular formula is C20H20Cl2N2O3. The van der Waals surface area contributed by atoms with Crippen LogP contribution >= 0.6 is 23.2 Å². The summed E-state index contributed by atoms with van der Waals surface area (Å²) in [6, 6.07) is 10.6. The standard InChI is InChI=1S/C20H20Cl2N2O3/c1-2-20(26)24-8-7-13-3-5-16(9-14(13)11-24)23-19(25)12-27-18-6-4-15(21)10-17(18)22/h3-6,9-10H,2,7-8,11-12H2,1H3,(H,23,25). The monoisotopic (exact) mass is 406 g/mol. The molecule has 5 nitrogen and oxygen atoms in total. The van der Waals surface area contributed by atoms with Crippen LogP contribution < -0.4 is 10.1 Å². The molecule has 0 unspecified atom stereocenters. The number of nitrogens with zero attached hydrogens (tertiary/aromatic N) is 1. The van der Waals surface area contributed by atoms with Crippen LogP contribution in [-0.4, -0.2) is 29.9 Å². The van der Waals surface area contributed by atoms with Crippen molar-refractivity contribution in [2.75, 3.05) is 18.5 Å². The third-order valence-corrected chi connectivity index (χ3v) is 4.94. The van der Waals surface area contributed by atoms with Crippen molar-refractivity contribution in [3.05, 3.63) is 57.6 Å².